The Bertz CT molecular complexity index is 756. The maximum Gasteiger partial charge on any atom is 0.336 e. The van der Waals surface area contributed by atoms with Crippen LogP contribution >= 0.6 is 11.3 Å². The molecule has 0 saturated carbocycles. The summed E-state index contributed by atoms with van der Waals surface area (Å²) in [5.41, 5.74) is 3.57. The summed E-state index contributed by atoms with van der Waals surface area (Å²) >= 11 is 1.52. The molecule has 0 aliphatic heterocycles. The fourth-order valence-corrected chi connectivity index (χ4v) is 2.51. The van der Waals surface area contributed by atoms with E-state index in [1.807, 2.05) is 11.4 Å². The predicted octanol–water partition coefficient (Wildman–Crippen LogP) is 3.00. The monoisotopic (exact) mass is 285 g/mol. The van der Waals surface area contributed by atoms with Crippen molar-refractivity contribution in [2.45, 2.75) is 6.54 Å². The van der Waals surface area contributed by atoms with Gasteiger partial charge in [0.25, 0.3) is 0 Å². The van der Waals surface area contributed by atoms with Crippen LogP contribution in [0.2, 0.25) is 0 Å². The van der Waals surface area contributed by atoms with Crippen molar-refractivity contribution in [1.82, 2.24) is 9.97 Å². The van der Waals surface area contributed by atoms with Crippen molar-refractivity contribution in [3.05, 3.63) is 52.5 Å². The number of rotatable bonds is 4. The number of aromatic carboxylic acids is 1. The smallest absolute Gasteiger partial charge is 0.336 e. The summed E-state index contributed by atoms with van der Waals surface area (Å²) in [6.07, 6.45) is 0. The fraction of sp³-hybridized carbons (Fsp3) is 0.0714. The summed E-state index contributed by atoms with van der Waals surface area (Å²) in [6, 6.07) is 8.76. The van der Waals surface area contributed by atoms with E-state index in [0.29, 0.717) is 23.3 Å². The molecule has 0 unspecified atom stereocenters. The Labute approximate surface area is 118 Å². The molecule has 3 aromatic rings. The third-order valence-electron chi connectivity index (χ3n) is 2.88. The van der Waals surface area contributed by atoms with Crippen molar-refractivity contribution in [2.75, 3.05) is 5.32 Å². The molecule has 100 valence electrons. The summed E-state index contributed by atoms with van der Waals surface area (Å²) in [5, 5.41) is 15.0. The summed E-state index contributed by atoms with van der Waals surface area (Å²) in [6.45, 7) is 0.522. The van der Waals surface area contributed by atoms with E-state index in [4.69, 9.17) is 0 Å². The van der Waals surface area contributed by atoms with Crippen LogP contribution in [0, 0.1) is 0 Å². The minimum Gasteiger partial charge on any atom is -0.478 e. The molecule has 1 aromatic carbocycles. The van der Waals surface area contributed by atoms with Gasteiger partial charge in [-0.05, 0) is 12.1 Å². The summed E-state index contributed by atoms with van der Waals surface area (Å²) in [7, 11) is 0. The van der Waals surface area contributed by atoms with Gasteiger partial charge in [-0.25, -0.2) is 14.8 Å². The minimum atomic E-state index is -0.958. The van der Waals surface area contributed by atoms with Crippen molar-refractivity contribution in [3.8, 4) is 0 Å². The van der Waals surface area contributed by atoms with E-state index in [1.54, 1.807) is 29.8 Å². The van der Waals surface area contributed by atoms with Gasteiger partial charge in [-0.2, -0.15) is 0 Å². The lowest BCUT2D eigenvalue weighted by Gasteiger charge is -2.08. The molecular formula is C14H11N3O2S. The molecule has 0 aliphatic rings. The van der Waals surface area contributed by atoms with Gasteiger partial charge >= 0.3 is 5.97 Å². The fourth-order valence-electron chi connectivity index (χ4n) is 1.95. The van der Waals surface area contributed by atoms with E-state index in [9.17, 15) is 9.90 Å². The minimum absolute atomic E-state index is 0.247. The molecule has 0 saturated heterocycles. The Kier molecular flexibility index (Phi) is 3.30. The molecule has 5 nitrogen and oxygen atoms in total. The lowest BCUT2D eigenvalue weighted by atomic mass is 10.1. The molecule has 2 N–H and O–H groups in total. The number of hydrogen-bond acceptors (Lipinski definition) is 5. The number of pyridine rings is 1. The number of para-hydroxylation sites is 1. The summed E-state index contributed by atoms with van der Waals surface area (Å²) in [4.78, 5) is 19.9. The van der Waals surface area contributed by atoms with Gasteiger partial charge in [0.1, 0.15) is 5.82 Å². The molecule has 0 amide bonds. The number of aromatic nitrogens is 2. The van der Waals surface area contributed by atoms with Crippen LogP contribution in [0.25, 0.3) is 10.9 Å². The highest BCUT2D eigenvalue weighted by Gasteiger charge is 2.11. The molecule has 2 heterocycles. The molecule has 0 bridgehead atoms. The van der Waals surface area contributed by atoms with Gasteiger partial charge < -0.3 is 10.4 Å². The molecule has 0 spiro atoms. The van der Waals surface area contributed by atoms with Crippen LogP contribution in [0.4, 0.5) is 5.82 Å². The molecule has 0 atom stereocenters. The van der Waals surface area contributed by atoms with Gasteiger partial charge in [0.15, 0.2) is 0 Å². The Morgan fingerprint density at radius 1 is 1.35 bits per heavy atom. The van der Waals surface area contributed by atoms with Gasteiger partial charge in [-0.3, -0.25) is 0 Å². The number of anilines is 1. The van der Waals surface area contributed by atoms with Gasteiger partial charge in [-0.1, -0.05) is 18.2 Å². The van der Waals surface area contributed by atoms with Crippen LogP contribution in [-0.2, 0) is 6.54 Å². The standard InChI is InChI=1S/C14H11N3O2S/c18-14(19)11-5-13(15-6-9-7-20-8-16-9)17-12-4-2-1-3-10(11)12/h1-5,7-8H,6H2,(H,15,17)(H,18,19). The first-order valence-electron chi connectivity index (χ1n) is 5.98. The molecule has 0 fully saturated rings. The second kappa shape index (κ2) is 5.26. The number of hydrogen-bond donors (Lipinski definition) is 2. The van der Waals surface area contributed by atoms with E-state index in [0.717, 1.165) is 5.69 Å². The molecule has 6 heteroatoms. The molecule has 2 aromatic heterocycles. The van der Waals surface area contributed by atoms with Crippen LogP contribution < -0.4 is 5.32 Å². The Balaban J connectivity index is 1.97. The Hall–Kier alpha value is -2.47. The normalized spacial score (nSPS) is 10.6. The number of carbonyl (C=O) groups is 1. The first kappa shape index (κ1) is 12.6. The van der Waals surface area contributed by atoms with Crippen molar-refractivity contribution in [1.29, 1.82) is 0 Å². The molecule has 20 heavy (non-hydrogen) atoms. The quantitative estimate of drug-likeness (QED) is 0.770. The van der Waals surface area contributed by atoms with Gasteiger partial charge in [-0.15, -0.1) is 11.3 Å². The largest absolute Gasteiger partial charge is 0.478 e. The van der Waals surface area contributed by atoms with E-state index in [1.165, 1.54) is 11.3 Å². The van der Waals surface area contributed by atoms with Crippen LogP contribution in [-0.4, -0.2) is 21.0 Å². The maximum absolute atomic E-state index is 11.3. The SMILES string of the molecule is O=C(O)c1cc(NCc2cscn2)nc2ccccc12. The molecular weight excluding hydrogens is 274 g/mol. The van der Waals surface area contributed by atoms with Gasteiger partial charge in [0.05, 0.1) is 28.8 Å². The highest BCUT2D eigenvalue weighted by molar-refractivity contribution is 7.07. The lowest BCUT2D eigenvalue weighted by Crippen LogP contribution is -2.05. The third kappa shape index (κ3) is 2.46. The van der Waals surface area contributed by atoms with Crippen LogP contribution in [0.3, 0.4) is 0 Å². The van der Waals surface area contributed by atoms with Gasteiger partial charge in [0, 0.05) is 10.8 Å². The van der Waals surface area contributed by atoms with Crippen molar-refractivity contribution < 1.29 is 9.90 Å². The number of fused-ring (bicyclic) bond motifs is 1. The molecule has 0 aliphatic carbocycles. The van der Waals surface area contributed by atoms with Crippen molar-refractivity contribution in [2.24, 2.45) is 0 Å². The Morgan fingerprint density at radius 3 is 2.95 bits per heavy atom. The van der Waals surface area contributed by atoms with E-state index in [2.05, 4.69) is 15.3 Å². The van der Waals surface area contributed by atoms with Crippen LogP contribution in [0.15, 0.2) is 41.2 Å². The topological polar surface area (TPSA) is 75.1 Å². The molecule has 0 radical (unpaired) electrons. The lowest BCUT2D eigenvalue weighted by molar-refractivity contribution is 0.0699. The number of carboxylic acid groups (broad SMARTS) is 1. The number of nitrogens with one attached hydrogen (secondary N) is 1. The predicted molar refractivity (Wildman–Crippen MR) is 78.1 cm³/mol. The average molecular weight is 285 g/mol. The zero-order valence-corrected chi connectivity index (χ0v) is 11.2. The van der Waals surface area contributed by atoms with E-state index >= 15 is 0 Å². The maximum atomic E-state index is 11.3. The highest BCUT2D eigenvalue weighted by atomic mass is 32.1. The number of carboxylic acids is 1. The van der Waals surface area contributed by atoms with Crippen molar-refractivity contribution >= 4 is 34.0 Å². The zero-order chi connectivity index (χ0) is 13.9. The van der Waals surface area contributed by atoms with E-state index < -0.39 is 5.97 Å². The average Bonchev–Trinajstić information content (AvgIpc) is 2.97. The zero-order valence-electron chi connectivity index (χ0n) is 10.4. The van der Waals surface area contributed by atoms with Crippen LogP contribution in [0.1, 0.15) is 16.1 Å². The second-order valence-corrected chi connectivity index (χ2v) is 4.93. The highest BCUT2D eigenvalue weighted by Crippen LogP contribution is 2.21. The van der Waals surface area contributed by atoms with Gasteiger partial charge in [0.2, 0.25) is 0 Å². The first-order chi connectivity index (χ1) is 9.74. The number of nitrogens with zero attached hydrogens (tertiary/aromatic N) is 2. The second-order valence-electron chi connectivity index (χ2n) is 4.21. The summed E-state index contributed by atoms with van der Waals surface area (Å²) < 4.78 is 0. The first-order valence-corrected chi connectivity index (χ1v) is 6.92. The van der Waals surface area contributed by atoms with E-state index in [-0.39, 0.29) is 5.56 Å². The van der Waals surface area contributed by atoms with Crippen LogP contribution in [0.5, 0.6) is 0 Å². The van der Waals surface area contributed by atoms with Crippen molar-refractivity contribution in [3.63, 3.8) is 0 Å². The molecule has 3 rings (SSSR count). The number of benzene rings is 1. The number of thiazole rings is 1. The summed E-state index contributed by atoms with van der Waals surface area (Å²) in [5.74, 6) is -0.422. The third-order valence-corrected chi connectivity index (χ3v) is 3.52. The Morgan fingerprint density at radius 2 is 2.20 bits per heavy atom.